The molecule has 5 aromatic carbocycles. The second-order valence-corrected chi connectivity index (χ2v) is 10.2. The maximum atomic E-state index is 8.80. The number of nitrogens with one attached hydrogen (secondary N) is 2. The standard InChI is InChI=1S/C37H34N2/c1-26-23-33(36(28-15-7-3-8-16-28)29-17-9-4-10-18-29)32(25-35(39)27(2)38)34(24-26)37(30-19-11-5-12-20-30)31-21-13-6-14-22-31/h3-24,36-39H,25H2,1-2H3. The van der Waals surface area contributed by atoms with Gasteiger partial charge in [-0.25, -0.2) is 0 Å². The SMILES string of the molecule is CC(=N)C(=N)Cc1c(C(c2ccccc2)c2ccccc2)cc(C)cc1C(c1ccccc1)c1ccccc1. The Balaban J connectivity index is 1.83. The zero-order valence-corrected chi connectivity index (χ0v) is 22.6. The molecule has 0 bridgehead atoms. The van der Waals surface area contributed by atoms with Crippen LogP contribution in [0.15, 0.2) is 133 Å². The highest BCUT2D eigenvalue weighted by Gasteiger charge is 2.27. The molecule has 0 aromatic heterocycles. The number of rotatable bonds is 9. The molecule has 192 valence electrons. The van der Waals surface area contributed by atoms with Crippen LogP contribution in [0.5, 0.6) is 0 Å². The summed E-state index contributed by atoms with van der Waals surface area (Å²) in [4.78, 5) is 0. The third-order valence-electron chi connectivity index (χ3n) is 7.42. The van der Waals surface area contributed by atoms with E-state index < -0.39 is 0 Å². The molecule has 0 saturated carbocycles. The Bertz CT molecular complexity index is 1370. The molecule has 0 aliphatic heterocycles. The smallest absolute Gasteiger partial charge is 0.0562 e. The van der Waals surface area contributed by atoms with Crippen LogP contribution in [0.1, 0.15) is 63.3 Å². The number of benzene rings is 5. The molecule has 5 aromatic rings. The van der Waals surface area contributed by atoms with Gasteiger partial charge in [-0.3, -0.25) is 0 Å². The summed E-state index contributed by atoms with van der Waals surface area (Å²) < 4.78 is 0. The molecule has 0 amide bonds. The fourth-order valence-corrected chi connectivity index (χ4v) is 5.59. The van der Waals surface area contributed by atoms with Crippen LogP contribution in [0.2, 0.25) is 0 Å². The first-order valence-corrected chi connectivity index (χ1v) is 13.5. The monoisotopic (exact) mass is 506 g/mol. The highest BCUT2D eigenvalue weighted by atomic mass is 14.5. The van der Waals surface area contributed by atoms with Crippen LogP contribution < -0.4 is 0 Å². The maximum absolute atomic E-state index is 8.80. The number of aryl methyl sites for hydroxylation is 1. The Kier molecular flexibility index (Phi) is 7.94. The molecule has 39 heavy (non-hydrogen) atoms. The largest absolute Gasteiger partial charge is 0.304 e. The van der Waals surface area contributed by atoms with E-state index in [1.165, 1.54) is 38.9 Å². The predicted molar refractivity (Wildman–Crippen MR) is 164 cm³/mol. The van der Waals surface area contributed by atoms with E-state index >= 15 is 0 Å². The normalized spacial score (nSPS) is 11.1. The fourth-order valence-electron chi connectivity index (χ4n) is 5.59. The van der Waals surface area contributed by atoms with E-state index in [1.807, 2.05) is 0 Å². The molecule has 0 fully saturated rings. The van der Waals surface area contributed by atoms with Gasteiger partial charge in [0, 0.05) is 24.0 Å². The minimum atomic E-state index is 0.00656. The van der Waals surface area contributed by atoms with Gasteiger partial charge in [-0.05, 0) is 52.8 Å². The van der Waals surface area contributed by atoms with Gasteiger partial charge in [0.2, 0.25) is 0 Å². The average Bonchev–Trinajstić information content (AvgIpc) is 2.97. The summed E-state index contributed by atoms with van der Waals surface area (Å²) in [5.74, 6) is 0.0131. The molecule has 0 radical (unpaired) electrons. The van der Waals surface area contributed by atoms with Crippen LogP contribution in [-0.2, 0) is 6.42 Å². The van der Waals surface area contributed by atoms with E-state index in [0.29, 0.717) is 17.8 Å². The molecule has 0 aliphatic rings. The van der Waals surface area contributed by atoms with Crippen LogP contribution in [0.3, 0.4) is 0 Å². The summed E-state index contributed by atoms with van der Waals surface area (Å²) in [5.41, 5.74) is 10.2. The van der Waals surface area contributed by atoms with Crippen molar-refractivity contribution in [1.29, 1.82) is 10.8 Å². The van der Waals surface area contributed by atoms with Gasteiger partial charge < -0.3 is 10.8 Å². The van der Waals surface area contributed by atoms with E-state index in [9.17, 15) is 0 Å². The van der Waals surface area contributed by atoms with E-state index in [1.54, 1.807) is 6.92 Å². The Morgan fingerprint density at radius 2 is 0.846 bits per heavy atom. The van der Waals surface area contributed by atoms with Gasteiger partial charge in [0.25, 0.3) is 0 Å². The molecule has 5 rings (SSSR count). The van der Waals surface area contributed by atoms with E-state index in [0.717, 1.165) is 5.56 Å². The van der Waals surface area contributed by atoms with Crippen molar-refractivity contribution in [3.05, 3.63) is 178 Å². The van der Waals surface area contributed by atoms with Gasteiger partial charge in [-0.2, -0.15) is 0 Å². The zero-order valence-electron chi connectivity index (χ0n) is 22.6. The minimum absolute atomic E-state index is 0.00656. The van der Waals surface area contributed by atoms with Crippen molar-refractivity contribution in [3.8, 4) is 0 Å². The number of hydrogen-bond donors (Lipinski definition) is 2. The molecule has 0 aliphatic carbocycles. The first-order chi connectivity index (χ1) is 19.0. The van der Waals surface area contributed by atoms with Gasteiger partial charge in [-0.15, -0.1) is 0 Å². The summed E-state index contributed by atoms with van der Waals surface area (Å²) in [7, 11) is 0. The molecular formula is C37H34N2. The van der Waals surface area contributed by atoms with Crippen LogP contribution >= 0.6 is 0 Å². The van der Waals surface area contributed by atoms with E-state index in [2.05, 4.69) is 140 Å². The third-order valence-corrected chi connectivity index (χ3v) is 7.42. The summed E-state index contributed by atoms with van der Waals surface area (Å²) in [6.07, 6.45) is 0.409. The molecule has 0 saturated heterocycles. The third kappa shape index (κ3) is 5.81. The summed E-state index contributed by atoms with van der Waals surface area (Å²) >= 11 is 0. The first kappa shape index (κ1) is 26.1. The highest BCUT2D eigenvalue weighted by molar-refractivity contribution is 6.39. The highest BCUT2D eigenvalue weighted by Crippen LogP contribution is 2.41. The fraction of sp³-hybridized carbons (Fsp3) is 0.135. The maximum Gasteiger partial charge on any atom is 0.0562 e. The van der Waals surface area contributed by atoms with Crippen LogP contribution in [-0.4, -0.2) is 11.4 Å². The van der Waals surface area contributed by atoms with Crippen LogP contribution in [0.25, 0.3) is 0 Å². The topological polar surface area (TPSA) is 47.7 Å². The molecule has 2 nitrogen and oxygen atoms in total. The van der Waals surface area contributed by atoms with Crippen molar-refractivity contribution in [2.24, 2.45) is 0 Å². The van der Waals surface area contributed by atoms with Crippen molar-refractivity contribution in [2.45, 2.75) is 32.1 Å². The lowest BCUT2D eigenvalue weighted by atomic mass is 9.75. The molecule has 0 heterocycles. The number of hydrogen-bond acceptors (Lipinski definition) is 2. The molecule has 0 unspecified atom stereocenters. The Labute approximate surface area is 232 Å². The zero-order chi connectivity index (χ0) is 27.2. The summed E-state index contributed by atoms with van der Waals surface area (Å²) in [6, 6.07) is 47.2. The van der Waals surface area contributed by atoms with Crippen LogP contribution in [0.4, 0.5) is 0 Å². The second-order valence-electron chi connectivity index (χ2n) is 10.2. The molecule has 0 spiro atoms. The van der Waals surface area contributed by atoms with Gasteiger partial charge in [0.05, 0.1) is 5.71 Å². The Morgan fingerprint density at radius 1 is 0.538 bits per heavy atom. The lowest BCUT2D eigenvalue weighted by molar-refractivity contribution is 0.903. The second kappa shape index (κ2) is 11.9. The Morgan fingerprint density at radius 3 is 1.13 bits per heavy atom. The predicted octanol–water partition coefficient (Wildman–Crippen LogP) is 8.96. The van der Waals surface area contributed by atoms with Crippen molar-refractivity contribution >= 4 is 11.4 Å². The van der Waals surface area contributed by atoms with Gasteiger partial charge in [0.15, 0.2) is 0 Å². The van der Waals surface area contributed by atoms with Gasteiger partial charge in [-0.1, -0.05) is 139 Å². The van der Waals surface area contributed by atoms with E-state index in [4.69, 9.17) is 10.8 Å². The molecule has 0 atom stereocenters. The van der Waals surface area contributed by atoms with Gasteiger partial charge >= 0.3 is 0 Å². The lowest BCUT2D eigenvalue weighted by Gasteiger charge is -2.29. The van der Waals surface area contributed by atoms with Crippen molar-refractivity contribution in [1.82, 2.24) is 0 Å². The summed E-state index contributed by atoms with van der Waals surface area (Å²) in [5, 5.41) is 17.1. The average molecular weight is 507 g/mol. The van der Waals surface area contributed by atoms with Crippen LogP contribution in [0, 0.1) is 17.7 Å². The summed E-state index contributed by atoms with van der Waals surface area (Å²) in [6.45, 7) is 3.89. The van der Waals surface area contributed by atoms with Crippen molar-refractivity contribution in [2.75, 3.05) is 0 Å². The molecule has 2 N–H and O–H groups in total. The van der Waals surface area contributed by atoms with Crippen molar-refractivity contribution in [3.63, 3.8) is 0 Å². The van der Waals surface area contributed by atoms with Crippen molar-refractivity contribution < 1.29 is 0 Å². The Hall–Kier alpha value is -4.56. The molecule has 2 heteroatoms. The lowest BCUT2D eigenvalue weighted by Crippen LogP contribution is -2.18. The minimum Gasteiger partial charge on any atom is -0.304 e. The molecular weight excluding hydrogens is 472 g/mol. The van der Waals surface area contributed by atoms with Gasteiger partial charge in [0.1, 0.15) is 0 Å². The quantitative estimate of drug-likeness (QED) is 0.148. The van der Waals surface area contributed by atoms with E-state index in [-0.39, 0.29) is 11.8 Å². The first-order valence-electron chi connectivity index (χ1n) is 13.5.